The molecule has 5 aliphatic rings. The molecule has 0 aromatic heterocycles. The molecular weight excluding hydrogens is 935 g/mol. The minimum absolute atomic E-state index is 0.0397. The molecule has 2 saturated heterocycles. The maximum atomic E-state index is 15.6. The van der Waals surface area contributed by atoms with Crippen LogP contribution in [0, 0.1) is 29.1 Å². The Morgan fingerprint density at radius 2 is 1.43 bits per heavy atom. The van der Waals surface area contributed by atoms with Gasteiger partial charge in [0.15, 0.2) is 6.10 Å². The van der Waals surface area contributed by atoms with E-state index < -0.39 is 104 Å². The predicted octanol–water partition coefficient (Wildman–Crippen LogP) is 7.69. The number of fused-ring (bicyclic) bond motifs is 5. The molecule has 4 aromatic rings. The number of hydrogen-bond acceptors (Lipinski definition) is 13. The standard InChI is InChI=1S/C57H63NO13Si/c1-36-42-30-45(59)56(4)46(60)31-43-41(34-66-43)48(56)51(70-53(63)40-26-16-8-17-27-40)57(65,55(42,2)3)32-44(36)69-54(64)50(49(38-22-12-6-13-23-38)58-52(62)39-24-14-7-15-25-39)71-72(28-18-9-19-29-72)68-35-47(61)67-33-37-20-10-5-11-21-37/h5-8,10-17,20-27,30,43-44,46,48-51,60,65H,9,18-19,28-29,31-35H2,1-4H3,(H,58,62)/t43-,44+,46+,48?,49+,50-,51+,56-,57-/m1/s1. The summed E-state index contributed by atoms with van der Waals surface area (Å²) in [6, 6.07) is 34.8. The van der Waals surface area contributed by atoms with Gasteiger partial charge >= 0.3 is 26.5 Å². The Labute approximate surface area is 421 Å². The van der Waals surface area contributed by atoms with Gasteiger partial charge in [-0.15, -0.1) is 0 Å². The van der Waals surface area contributed by atoms with E-state index >= 15 is 4.79 Å². The molecule has 9 atom stereocenters. The number of aliphatic hydroxyl groups is 2. The first-order chi connectivity index (χ1) is 34.5. The number of ketones is 1. The Kier molecular flexibility index (Phi) is 14.9. The maximum absolute atomic E-state index is 15.6. The minimum atomic E-state index is -3.54. The van der Waals surface area contributed by atoms with Crippen molar-refractivity contribution in [3.05, 3.63) is 167 Å². The van der Waals surface area contributed by atoms with Gasteiger partial charge in [-0.3, -0.25) is 9.59 Å². The summed E-state index contributed by atoms with van der Waals surface area (Å²) in [5, 5.41) is 28.7. The van der Waals surface area contributed by atoms with Crippen LogP contribution in [0.1, 0.15) is 97.7 Å². The second-order valence-corrected chi connectivity index (χ2v) is 23.9. The van der Waals surface area contributed by atoms with Gasteiger partial charge in [0.1, 0.15) is 36.8 Å². The van der Waals surface area contributed by atoms with Crippen LogP contribution >= 0.6 is 0 Å². The molecule has 4 fully saturated rings. The van der Waals surface area contributed by atoms with Crippen molar-refractivity contribution < 1.29 is 62.0 Å². The van der Waals surface area contributed by atoms with Crippen molar-refractivity contribution in [3.63, 3.8) is 0 Å². The van der Waals surface area contributed by atoms with Gasteiger partial charge in [-0.2, -0.15) is 0 Å². The molecule has 0 spiro atoms. The van der Waals surface area contributed by atoms with E-state index in [2.05, 4.69) is 5.32 Å². The van der Waals surface area contributed by atoms with Crippen LogP contribution in [-0.2, 0) is 48.8 Å². The molecule has 14 nitrogen and oxygen atoms in total. The van der Waals surface area contributed by atoms with E-state index in [1.807, 2.05) is 36.4 Å². The van der Waals surface area contributed by atoms with Crippen molar-refractivity contribution in [2.45, 2.75) is 121 Å². The zero-order valence-electron chi connectivity index (χ0n) is 41.1. The normalized spacial score (nSPS) is 28.3. The van der Waals surface area contributed by atoms with Gasteiger partial charge in [0.25, 0.3) is 5.91 Å². The van der Waals surface area contributed by atoms with Gasteiger partial charge in [0.2, 0.25) is 0 Å². The number of amides is 1. The number of rotatable bonds is 15. The van der Waals surface area contributed by atoms with Crippen molar-refractivity contribution in [2.75, 3.05) is 13.2 Å². The predicted molar refractivity (Wildman–Crippen MR) is 265 cm³/mol. The van der Waals surface area contributed by atoms with E-state index in [1.165, 1.54) is 6.42 Å². The van der Waals surface area contributed by atoms with Crippen molar-refractivity contribution in [2.24, 2.45) is 16.7 Å². The summed E-state index contributed by atoms with van der Waals surface area (Å²) in [6.45, 7) is 6.67. The number of carbonyl (C=O) groups is 5. The van der Waals surface area contributed by atoms with Gasteiger partial charge in [-0.25, -0.2) is 14.4 Å². The molecule has 3 N–H and O–H groups in total. The van der Waals surface area contributed by atoms with Gasteiger partial charge in [0, 0.05) is 35.7 Å². The average Bonchev–Trinajstić information content (AvgIpc) is 3.39. The van der Waals surface area contributed by atoms with E-state index in [0.717, 1.165) is 17.9 Å². The lowest BCUT2D eigenvalue weighted by Gasteiger charge is -2.63. The number of Topliss-reactive ketones (excluding diaryl/α,β-unsaturated/α-hetero) is 1. The Morgan fingerprint density at radius 3 is 2.06 bits per heavy atom. The van der Waals surface area contributed by atoms with Crippen molar-refractivity contribution in [3.8, 4) is 0 Å². The van der Waals surface area contributed by atoms with Crippen LogP contribution in [-0.4, -0.2) is 97.7 Å². The summed E-state index contributed by atoms with van der Waals surface area (Å²) in [5.41, 5.74) is -2.22. The molecule has 3 aliphatic carbocycles. The molecular formula is C57H63NO13Si. The largest absolute Gasteiger partial charge is 0.459 e. The molecule has 378 valence electrons. The third-order valence-electron chi connectivity index (χ3n) is 16.0. The van der Waals surface area contributed by atoms with E-state index in [9.17, 15) is 29.4 Å². The third-order valence-corrected chi connectivity index (χ3v) is 19.5. The highest BCUT2D eigenvalue weighted by Crippen LogP contribution is 2.62. The van der Waals surface area contributed by atoms with Crippen LogP contribution < -0.4 is 5.32 Å². The van der Waals surface area contributed by atoms with Gasteiger partial charge in [-0.05, 0) is 72.5 Å². The lowest BCUT2D eigenvalue weighted by molar-refractivity contribution is -0.231. The minimum Gasteiger partial charge on any atom is -0.459 e. The van der Waals surface area contributed by atoms with Crippen LogP contribution in [0.2, 0.25) is 12.1 Å². The zero-order chi connectivity index (χ0) is 50.8. The number of esters is 3. The third kappa shape index (κ3) is 9.86. The molecule has 2 aliphatic heterocycles. The summed E-state index contributed by atoms with van der Waals surface area (Å²) in [4.78, 5) is 72.5. The molecule has 15 heteroatoms. The Morgan fingerprint density at radius 1 is 0.819 bits per heavy atom. The van der Waals surface area contributed by atoms with E-state index in [0.29, 0.717) is 47.2 Å². The fraction of sp³-hybridized carbons (Fsp3) is 0.421. The van der Waals surface area contributed by atoms with Crippen LogP contribution in [0.4, 0.5) is 0 Å². The van der Waals surface area contributed by atoms with E-state index in [1.54, 1.807) is 113 Å². The van der Waals surface area contributed by atoms with Gasteiger partial charge in [-0.1, -0.05) is 130 Å². The fourth-order valence-electron chi connectivity index (χ4n) is 11.5. The summed E-state index contributed by atoms with van der Waals surface area (Å²) in [6.07, 6.45) is -2.47. The quantitative estimate of drug-likeness (QED) is 0.0597. The average molecular weight is 998 g/mol. The summed E-state index contributed by atoms with van der Waals surface area (Å²) >= 11 is 0. The Balaban J connectivity index is 1.11. The molecule has 2 bridgehead atoms. The molecule has 4 aromatic carbocycles. The molecule has 9 rings (SSSR count). The highest BCUT2D eigenvalue weighted by molar-refractivity contribution is 6.68. The van der Waals surface area contributed by atoms with E-state index in [-0.39, 0.29) is 31.6 Å². The smallest absolute Gasteiger partial charge is 0.339 e. The molecule has 1 unspecified atom stereocenters. The monoisotopic (exact) mass is 997 g/mol. The number of aliphatic hydroxyl groups excluding tert-OH is 1. The maximum Gasteiger partial charge on any atom is 0.339 e. The van der Waals surface area contributed by atoms with Gasteiger partial charge < -0.3 is 43.3 Å². The first kappa shape index (κ1) is 51.1. The topological polar surface area (TPSA) is 193 Å². The van der Waals surface area contributed by atoms with Crippen LogP contribution in [0.15, 0.2) is 132 Å². The van der Waals surface area contributed by atoms with Crippen molar-refractivity contribution in [1.82, 2.24) is 5.32 Å². The number of nitrogens with one attached hydrogen (secondary N) is 1. The number of hydrogen-bond donors (Lipinski definition) is 3. The number of carbonyl (C=O) groups excluding carboxylic acids is 5. The zero-order valence-corrected chi connectivity index (χ0v) is 42.1. The number of benzene rings is 4. The van der Waals surface area contributed by atoms with Gasteiger partial charge in [0.05, 0.1) is 42.3 Å². The lowest BCUT2D eigenvalue weighted by Crippen LogP contribution is -2.72. The highest BCUT2D eigenvalue weighted by Gasteiger charge is 2.71. The highest BCUT2D eigenvalue weighted by atomic mass is 28.4. The summed E-state index contributed by atoms with van der Waals surface area (Å²) < 4.78 is 38.4. The molecule has 2 heterocycles. The second kappa shape index (κ2) is 21.0. The SMILES string of the molecule is CC1=C2[CH]C(=O)[C@@]3(C)C([C]4CO[C@@H]4C[C@@H]3O)[C@H](OC(=O)c3ccccc3)[C@](O)(C[C@@H]1OC(=O)[C@H](O[Si]1(OCC(=O)OCc3ccccc3)CCCCC1)[C@@H](NC(=O)c1ccccc1)c1ccccc1)C2(C)C. The Hall–Kier alpha value is -5.81. The summed E-state index contributed by atoms with van der Waals surface area (Å²) in [5.74, 6) is -3.45. The molecule has 2 radical (unpaired) electrons. The molecule has 1 amide bonds. The number of ether oxygens (including phenoxy) is 4. The molecule has 72 heavy (non-hydrogen) atoms. The summed E-state index contributed by atoms with van der Waals surface area (Å²) in [7, 11) is -3.54. The van der Waals surface area contributed by atoms with Crippen LogP contribution in [0.25, 0.3) is 0 Å². The van der Waals surface area contributed by atoms with E-state index in [4.69, 9.17) is 27.8 Å². The second-order valence-electron chi connectivity index (χ2n) is 20.5. The fourth-order valence-corrected chi connectivity index (χ4v) is 15.0. The first-order valence-electron chi connectivity index (χ1n) is 24.9. The first-order valence-corrected chi connectivity index (χ1v) is 27.1. The molecule has 2 saturated carbocycles. The van der Waals surface area contributed by atoms with Crippen molar-refractivity contribution in [1.29, 1.82) is 0 Å². The van der Waals surface area contributed by atoms with Crippen molar-refractivity contribution >= 4 is 38.2 Å². The van der Waals surface area contributed by atoms with Crippen LogP contribution in [0.3, 0.4) is 0 Å². The lowest BCUT2D eigenvalue weighted by atomic mass is 9.46. The van der Waals surface area contributed by atoms with Crippen LogP contribution in [0.5, 0.6) is 0 Å². The Bertz CT molecular complexity index is 2640.